The Morgan fingerprint density at radius 1 is 1.18 bits per heavy atom. The Hall–Kier alpha value is -3.50. The maximum Gasteiger partial charge on any atom is 0.339 e. The third-order valence-electron chi connectivity index (χ3n) is 7.48. The Kier molecular flexibility index (Phi) is 6.99. The molecule has 2 aromatic carbocycles. The Morgan fingerprint density at radius 2 is 2.03 bits per heavy atom. The minimum Gasteiger partial charge on any atom is -0.494 e. The molecule has 10 heteroatoms. The quantitative estimate of drug-likeness (QED) is 0.253. The lowest BCUT2D eigenvalue weighted by atomic mass is 10.1. The van der Waals surface area contributed by atoms with E-state index in [1.54, 1.807) is 9.36 Å². The van der Waals surface area contributed by atoms with Crippen LogP contribution >= 0.6 is 15.9 Å². The van der Waals surface area contributed by atoms with Gasteiger partial charge >= 0.3 is 5.97 Å². The fourth-order valence-corrected chi connectivity index (χ4v) is 5.81. The van der Waals surface area contributed by atoms with Crippen molar-refractivity contribution in [3.05, 3.63) is 87.4 Å². The van der Waals surface area contributed by atoms with Gasteiger partial charge in [-0.05, 0) is 62.1 Å². The van der Waals surface area contributed by atoms with Gasteiger partial charge in [-0.15, -0.1) is 5.10 Å². The van der Waals surface area contributed by atoms with Gasteiger partial charge in [0, 0.05) is 54.2 Å². The van der Waals surface area contributed by atoms with E-state index in [2.05, 4.69) is 54.4 Å². The molecule has 0 unspecified atom stereocenters. The van der Waals surface area contributed by atoms with Gasteiger partial charge in [-0.3, -0.25) is 9.58 Å². The van der Waals surface area contributed by atoms with Crippen LogP contribution in [0.1, 0.15) is 70.9 Å². The molecule has 0 amide bonds. The van der Waals surface area contributed by atoms with Crippen molar-refractivity contribution in [3.63, 3.8) is 0 Å². The molecular formula is C29H31BrN6O3. The lowest BCUT2D eigenvalue weighted by Crippen LogP contribution is -2.25. The molecule has 0 radical (unpaired) electrons. The second-order valence-electron chi connectivity index (χ2n) is 10.4. The molecular weight excluding hydrogens is 560 g/mol. The fourth-order valence-electron chi connectivity index (χ4n) is 5.41. The zero-order valence-electron chi connectivity index (χ0n) is 22.0. The Labute approximate surface area is 235 Å². The summed E-state index contributed by atoms with van der Waals surface area (Å²) in [5.74, 6) is 0.141. The van der Waals surface area contributed by atoms with Gasteiger partial charge in [0.25, 0.3) is 0 Å². The van der Waals surface area contributed by atoms with E-state index in [-0.39, 0.29) is 17.4 Å². The van der Waals surface area contributed by atoms with Crippen LogP contribution in [0.4, 0.5) is 0 Å². The van der Waals surface area contributed by atoms with Gasteiger partial charge in [0.15, 0.2) is 0 Å². The lowest BCUT2D eigenvalue weighted by molar-refractivity contribution is 0.0695. The van der Waals surface area contributed by atoms with Crippen molar-refractivity contribution in [1.82, 2.24) is 29.7 Å². The molecule has 0 spiro atoms. The third kappa shape index (κ3) is 5.49. The number of rotatable bonds is 11. The highest BCUT2D eigenvalue weighted by Gasteiger charge is 2.46. The van der Waals surface area contributed by atoms with Crippen LogP contribution in [-0.2, 0) is 20.1 Å². The van der Waals surface area contributed by atoms with E-state index >= 15 is 0 Å². The number of carbonyl (C=O) groups is 1. The molecule has 2 atom stereocenters. The van der Waals surface area contributed by atoms with Crippen molar-refractivity contribution in [2.24, 2.45) is 7.05 Å². The number of aryl methyl sites for hydroxylation is 1. The monoisotopic (exact) mass is 590 g/mol. The van der Waals surface area contributed by atoms with E-state index in [0.29, 0.717) is 12.6 Å². The molecule has 2 aliphatic rings. The SMILES string of the molecule is CCOc1ccc(Br)cc1CN(Cc1cccc(-n2ncc(C(=O)O)c2[C@@H]2C[C@H]2c2cn(C)nn2)c1)C1CC1. The van der Waals surface area contributed by atoms with E-state index < -0.39 is 5.97 Å². The average molecular weight is 592 g/mol. The van der Waals surface area contributed by atoms with Gasteiger partial charge < -0.3 is 9.84 Å². The standard InChI is InChI=1S/C29H31BrN6O3/c1-3-39-27-10-7-20(30)12-19(27)16-35(21-8-9-21)15-18-5-4-6-22(11-18)36-28(25(14-31-36)29(37)38)24-13-23(24)26-17-34(2)33-32-26/h4-7,10-12,14,17,21,23-24H,3,8-9,13,15-16H2,1-2H3,(H,37,38)/t23-,24-/m1/s1. The summed E-state index contributed by atoms with van der Waals surface area (Å²) >= 11 is 3.61. The smallest absolute Gasteiger partial charge is 0.339 e. The molecule has 0 saturated heterocycles. The Balaban J connectivity index is 1.27. The van der Waals surface area contributed by atoms with Crippen LogP contribution in [0.5, 0.6) is 5.75 Å². The summed E-state index contributed by atoms with van der Waals surface area (Å²) in [7, 11) is 1.84. The highest BCUT2D eigenvalue weighted by atomic mass is 79.9. The summed E-state index contributed by atoms with van der Waals surface area (Å²) in [6, 6.07) is 15.0. The van der Waals surface area contributed by atoms with Crippen molar-refractivity contribution in [2.45, 2.75) is 57.2 Å². The number of aromatic nitrogens is 5. The zero-order chi connectivity index (χ0) is 27.1. The van der Waals surface area contributed by atoms with Crippen LogP contribution in [0.25, 0.3) is 5.69 Å². The van der Waals surface area contributed by atoms with E-state index in [1.165, 1.54) is 24.6 Å². The third-order valence-corrected chi connectivity index (χ3v) is 7.97. The van der Waals surface area contributed by atoms with Gasteiger partial charge in [-0.25, -0.2) is 9.48 Å². The number of carboxylic acid groups (broad SMARTS) is 1. The highest BCUT2D eigenvalue weighted by molar-refractivity contribution is 9.10. The van der Waals surface area contributed by atoms with Gasteiger partial charge in [0.1, 0.15) is 11.3 Å². The highest BCUT2D eigenvalue weighted by Crippen LogP contribution is 2.55. The van der Waals surface area contributed by atoms with E-state index in [1.807, 2.05) is 44.4 Å². The molecule has 2 heterocycles. The molecule has 1 N–H and O–H groups in total. The largest absolute Gasteiger partial charge is 0.494 e. The van der Waals surface area contributed by atoms with E-state index in [9.17, 15) is 9.90 Å². The fraction of sp³-hybridized carbons (Fsp3) is 0.379. The predicted molar refractivity (Wildman–Crippen MR) is 149 cm³/mol. The molecule has 6 rings (SSSR count). The number of ether oxygens (including phenoxy) is 1. The van der Waals surface area contributed by atoms with Crippen LogP contribution in [0.2, 0.25) is 0 Å². The number of carboxylic acids is 1. The lowest BCUT2D eigenvalue weighted by Gasteiger charge is -2.24. The normalized spacial score (nSPS) is 18.5. The summed E-state index contributed by atoms with van der Waals surface area (Å²) in [6.07, 6.45) is 6.58. The summed E-state index contributed by atoms with van der Waals surface area (Å²) in [4.78, 5) is 14.6. The van der Waals surface area contributed by atoms with Gasteiger partial charge in [-0.2, -0.15) is 5.10 Å². The first kappa shape index (κ1) is 25.8. The molecule has 2 aliphatic carbocycles. The Bertz CT molecular complexity index is 1510. The van der Waals surface area contributed by atoms with E-state index in [4.69, 9.17) is 4.74 Å². The molecule has 9 nitrogen and oxygen atoms in total. The average Bonchev–Trinajstić information content (AvgIpc) is 3.83. The number of nitrogens with zero attached hydrogens (tertiary/aromatic N) is 6. The summed E-state index contributed by atoms with van der Waals surface area (Å²) in [5.41, 5.74) is 5.05. The number of halogens is 1. The minimum atomic E-state index is -0.962. The van der Waals surface area contributed by atoms with Gasteiger partial charge in [0.05, 0.1) is 29.9 Å². The van der Waals surface area contributed by atoms with Crippen LogP contribution in [0.3, 0.4) is 0 Å². The van der Waals surface area contributed by atoms with Crippen molar-refractivity contribution >= 4 is 21.9 Å². The van der Waals surface area contributed by atoms with Crippen LogP contribution < -0.4 is 4.74 Å². The maximum absolute atomic E-state index is 12.1. The molecule has 39 heavy (non-hydrogen) atoms. The first-order valence-electron chi connectivity index (χ1n) is 13.3. The summed E-state index contributed by atoms with van der Waals surface area (Å²) < 4.78 is 10.4. The molecule has 202 valence electrons. The number of aromatic carboxylic acids is 1. The van der Waals surface area contributed by atoms with Gasteiger partial charge in [0.2, 0.25) is 0 Å². The zero-order valence-corrected chi connectivity index (χ0v) is 23.6. The maximum atomic E-state index is 12.1. The molecule has 0 bridgehead atoms. The second kappa shape index (κ2) is 10.6. The molecule has 0 aliphatic heterocycles. The van der Waals surface area contributed by atoms with Crippen LogP contribution in [0, 0.1) is 0 Å². The predicted octanol–water partition coefficient (Wildman–Crippen LogP) is 5.30. The second-order valence-corrected chi connectivity index (χ2v) is 11.3. The van der Waals surface area contributed by atoms with Crippen molar-refractivity contribution in [1.29, 1.82) is 0 Å². The molecule has 4 aromatic rings. The number of hydrogen-bond acceptors (Lipinski definition) is 6. The summed E-state index contributed by atoms with van der Waals surface area (Å²) in [6.45, 7) is 4.21. The van der Waals surface area contributed by atoms with E-state index in [0.717, 1.165) is 52.4 Å². The Morgan fingerprint density at radius 3 is 2.74 bits per heavy atom. The molecule has 2 fully saturated rings. The topological polar surface area (TPSA) is 98.3 Å². The number of benzene rings is 2. The van der Waals surface area contributed by atoms with Crippen LogP contribution in [-0.4, -0.2) is 53.4 Å². The van der Waals surface area contributed by atoms with Crippen molar-refractivity contribution in [3.8, 4) is 11.4 Å². The first-order valence-corrected chi connectivity index (χ1v) is 14.1. The van der Waals surface area contributed by atoms with Crippen LogP contribution in [0.15, 0.2) is 59.3 Å². The molecule has 2 aromatic heterocycles. The molecule has 2 saturated carbocycles. The van der Waals surface area contributed by atoms with Crippen molar-refractivity contribution in [2.75, 3.05) is 6.61 Å². The van der Waals surface area contributed by atoms with Crippen molar-refractivity contribution < 1.29 is 14.6 Å². The number of hydrogen-bond donors (Lipinski definition) is 1. The first-order chi connectivity index (χ1) is 18.9. The summed E-state index contributed by atoms with van der Waals surface area (Å²) in [5, 5.41) is 22.8. The minimum absolute atomic E-state index is 0.0374. The van der Waals surface area contributed by atoms with Gasteiger partial charge in [-0.1, -0.05) is 33.3 Å².